The molecule has 1 N–H and O–H groups in total. The van der Waals surface area contributed by atoms with Crippen molar-refractivity contribution in [1.29, 1.82) is 5.26 Å². The molecule has 5 heteroatoms. The Bertz CT molecular complexity index is 702. The number of piperazine rings is 1. The normalized spacial score (nSPS) is 28.9. The van der Waals surface area contributed by atoms with Gasteiger partial charge in [0.1, 0.15) is 0 Å². The summed E-state index contributed by atoms with van der Waals surface area (Å²) in [4.78, 5) is 17.4. The highest BCUT2D eigenvalue weighted by Gasteiger charge is 2.42. The number of ketones is 1. The minimum absolute atomic E-state index is 0.000733. The van der Waals surface area contributed by atoms with E-state index in [-0.39, 0.29) is 17.7 Å². The summed E-state index contributed by atoms with van der Waals surface area (Å²) < 4.78 is 0. The maximum absolute atomic E-state index is 12.7. The number of carbonyl (C=O) groups excluding carboxylic acids is 1. The molecule has 0 radical (unpaired) electrons. The van der Waals surface area contributed by atoms with Gasteiger partial charge in [-0.1, -0.05) is 12.1 Å². The molecule has 1 aliphatic carbocycles. The summed E-state index contributed by atoms with van der Waals surface area (Å²) in [5, 5.41) is 13.0. The van der Waals surface area contributed by atoms with Crippen LogP contribution in [-0.2, 0) is 11.2 Å². The van der Waals surface area contributed by atoms with Crippen molar-refractivity contribution in [3.63, 3.8) is 0 Å². The van der Waals surface area contributed by atoms with Crippen LogP contribution in [0.4, 0.5) is 5.69 Å². The molecular weight excluding hydrogens is 336 g/mol. The van der Waals surface area contributed by atoms with Gasteiger partial charge in [-0.2, -0.15) is 5.26 Å². The smallest absolute Gasteiger partial charge is 0.151 e. The fourth-order valence-electron chi connectivity index (χ4n) is 4.94. The van der Waals surface area contributed by atoms with Crippen molar-refractivity contribution in [1.82, 2.24) is 10.2 Å². The van der Waals surface area contributed by atoms with Gasteiger partial charge in [0.05, 0.1) is 18.0 Å². The van der Waals surface area contributed by atoms with Gasteiger partial charge in [-0.05, 0) is 56.3 Å². The summed E-state index contributed by atoms with van der Waals surface area (Å²) in [7, 11) is 2.16. The number of nitrogens with one attached hydrogen (secondary N) is 1. The van der Waals surface area contributed by atoms with Crippen LogP contribution in [0, 0.1) is 23.2 Å². The number of carbonyl (C=O) groups is 1. The highest BCUT2D eigenvalue weighted by Crippen LogP contribution is 2.36. The number of likely N-dealkylation sites (N-methyl/N-ethyl adjacent to an activating group) is 1. The number of hydrogen-bond donors (Lipinski definition) is 1. The van der Waals surface area contributed by atoms with Crippen LogP contribution in [0.5, 0.6) is 0 Å². The maximum Gasteiger partial charge on any atom is 0.151 e. The van der Waals surface area contributed by atoms with E-state index in [9.17, 15) is 10.1 Å². The molecule has 2 bridgehead atoms. The lowest BCUT2D eigenvalue weighted by Gasteiger charge is -2.34. The van der Waals surface area contributed by atoms with Crippen LogP contribution in [0.25, 0.3) is 0 Å². The second-order valence-corrected chi connectivity index (χ2v) is 8.57. The van der Waals surface area contributed by atoms with E-state index < -0.39 is 0 Å². The zero-order valence-corrected chi connectivity index (χ0v) is 16.2. The number of benzene rings is 1. The molecule has 0 aromatic heterocycles. The largest absolute Gasteiger partial charge is 0.369 e. The molecule has 2 aliphatic heterocycles. The van der Waals surface area contributed by atoms with Gasteiger partial charge in [0.2, 0.25) is 0 Å². The van der Waals surface area contributed by atoms with E-state index in [0.717, 1.165) is 38.2 Å². The van der Waals surface area contributed by atoms with E-state index in [0.29, 0.717) is 24.8 Å². The number of piperidine rings is 1. The monoisotopic (exact) mass is 366 g/mol. The van der Waals surface area contributed by atoms with Gasteiger partial charge < -0.3 is 15.1 Å². The minimum atomic E-state index is -0.229. The first-order valence-corrected chi connectivity index (χ1v) is 10.3. The van der Waals surface area contributed by atoms with Crippen molar-refractivity contribution < 1.29 is 4.79 Å². The molecule has 2 saturated heterocycles. The zero-order chi connectivity index (χ0) is 18.8. The third kappa shape index (κ3) is 4.17. The molecule has 144 valence electrons. The summed E-state index contributed by atoms with van der Waals surface area (Å²) >= 11 is 0. The number of nitrogens with zero attached hydrogens (tertiary/aromatic N) is 3. The lowest BCUT2D eigenvalue weighted by atomic mass is 9.88. The molecule has 1 aromatic rings. The topological polar surface area (TPSA) is 59.4 Å². The predicted molar refractivity (Wildman–Crippen MR) is 107 cm³/mol. The predicted octanol–water partition coefficient (Wildman–Crippen LogP) is 2.22. The molecule has 0 unspecified atom stereocenters. The Kier molecular flexibility index (Phi) is 5.47. The highest BCUT2D eigenvalue weighted by atomic mass is 16.1. The van der Waals surface area contributed by atoms with E-state index >= 15 is 0 Å². The summed E-state index contributed by atoms with van der Waals surface area (Å²) in [6.45, 7) is 4.30. The Morgan fingerprint density at radius 3 is 2.56 bits per heavy atom. The van der Waals surface area contributed by atoms with Gasteiger partial charge in [-0.3, -0.25) is 4.79 Å². The van der Waals surface area contributed by atoms with Gasteiger partial charge in [-0.25, -0.2) is 0 Å². The molecule has 1 aromatic carbocycles. The van der Waals surface area contributed by atoms with Gasteiger partial charge in [-0.15, -0.1) is 0 Å². The SMILES string of the molecule is CN1CCN(c2ccc(C[C@@H](C#N)CC(=O)[C@H]3N[C@@H]4CC[C@H]3C4)cc2)CC1. The summed E-state index contributed by atoms with van der Waals surface area (Å²) in [5.74, 6) is 0.514. The molecule has 1 saturated carbocycles. The molecule has 4 atom stereocenters. The van der Waals surface area contributed by atoms with Crippen molar-refractivity contribution in [3.8, 4) is 6.07 Å². The first-order chi connectivity index (χ1) is 13.1. The molecule has 27 heavy (non-hydrogen) atoms. The summed E-state index contributed by atoms with van der Waals surface area (Å²) in [6.07, 6.45) is 4.54. The lowest BCUT2D eigenvalue weighted by Crippen LogP contribution is -2.44. The molecule has 4 rings (SSSR count). The standard InChI is InChI=1S/C22H30N4O/c1-25-8-10-26(11-9-25)20-6-2-16(3-7-20)12-17(15-23)13-21(27)22-18-4-5-19(14-18)24-22/h2-3,6-7,17-19,22,24H,4-5,8-14H2,1H3/t17-,18+,19-,22+/m1/s1. The van der Waals surface area contributed by atoms with Crippen molar-refractivity contribution in [2.45, 2.75) is 44.2 Å². The third-order valence-corrected chi connectivity index (χ3v) is 6.62. The highest BCUT2D eigenvalue weighted by molar-refractivity contribution is 5.85. The molecule has 0 spiro atoms. The van der Waals surface area contributed by atoms with Gasteiger partial charge in [0.15, 0.2) is 5.78 Å². The van der Waals surface area contributed by atoms with Gasteiger partial charge in [0, 0.05) is 44.3 Å². The number of rotatable bonds is 6. The summed E-state index contributed by atoms with van der Waals surface area (Å²) in [6, 6.07) is 11.5. The van der Waals surface area contributed by atoms with Crippen molar-refractivity contribution in [3.05, 3.63) is 29.8 Å². The van der Waals surface area contributed by atoms with Crippen LogP contribution in [0.1, 0.15) is 31.2 Å². The Hall–Kier alpha value is -1.90. The number of Topliss-reactive ketones (excluding diaryl/α,β-unsaturated/α-hetero) is 1. The zero-order valence-electron chi connectivity index (χ0n) is 16.2. The Balaban J connectivity index is 1.32. The van der Waals surface area contributed by atoms with E-state index in [2.05, 4.69) is 52.5 Å². The number of nitriles is 1. The maximum atomic E-state index is 12.7. The quantitative estimate of drug-likeness (QED) is 0.837. The minimum Gasteiger partial charge on any atom is -0.369 e. The Labute approximate surface area is 162 Å². The average Bonchev–Trinajstić information content (AvgIpc) is 3.32. The van der Waals surface area contributed by atoms with Crippen LogP contribution in [0.15, 0.2) is 24.3 Å². The van der Waals surface area contributed by atoms with Crippen LogP contribution in [-0.4, -0.2) is 56.0 Å². The Morgan fingerprint density at radius 1 is 1.22 bits per heavy atom. The second-order valence-electron chi connectivity index (χ2n) is 8.57. The van der Waals surface area contributed by atoms with Gasteiger partial charge in [0.25, 0.3) is 0 Å². The molecular formula is C22H30N4O. The van der Waals surface area contributed by atoms with E-state index in [1.54, 1.807) is 0 Å². The van der Waals surface area contributed by atoms with Gasteiger partial charge >= 0.3 is 0 Å². The van der Waals surface area contributed by atoms with Crippen LogP contribution in [0.3, 0.4) is 0 Å². The fraction of sp³-hybridized carbons (Fsp3) is 0.636. The van der Waals surface area contributed by atoms with Crippen LogP contribution < -0.4 is 10.2 Å². The van der Waals surface area contributed by atoms with Crippen molar-refractivity contribution in [2.75, 3.05) is 38.1 Å². The lowest BCUT2D eigenvalue weighted by molar-refractivity contribution is -0.122. The summed E-state index contributed by atoms with van der Waals surface area (Å²) in [5.41, 5.74) is 2.40. The number of hydrogen-bond acceptors (Lipinski definition) is 5. The fourth-order valence-corrected chi connectivity index (χ4v) is 4.94. The van der Waals surface area contributed by atoms with E-state index in [1.807, 2.05) is 0 Å². The number of fused-ring (bicyclic) bond motifs is 2. The second kappa shape index (κ2) is 8.00. The molecule has 5 nitrogen and oxygen atoms in total. The van der Waals surface area contributed by atoms with Crippen molar-refractivity contribution >= 4 is 11.5 Å². The third-order valence-electron chi connectivity index (χ3n) is 6.62. The van der Waals surface area contributed by atoms with Crippen LogP contribution >= 0.6 is 0 Å². The van der Waals surface area contributed by atoms with E-state index in [4.69, 9.17) is 0 Å². The molecule has 2 heterocycles. The average molecular weight is 367 g/mol. The van der Waals surface area contributed by atoms with Crippen molar-refractivity contribution in [2.24, 2.45) is 11.8 Å². The Morgan fingerprint density at radius 2 is 1.96 bits per heavy atom. The molecule has 3 fully saturated rings. The van der Waals surface area contributed by atoms with E-state index in [1.165, 1.54) is 18.5 Å². The number of anilines is 1. The first-order valence-electron chi connectivity index (χ1n) is 10.3. The molecule has 3 aliphatic rings. The first kappa shape index (κ1) is 18.5. The molecule has 0 amide bonds. The van der Waals surface area contributed by atoms with Crippen LogP contribution in [0.2, 0.25) is 0 Å².